The summed E-state index contributed by atoms with van der Waals surface area (Å²) >= 11 is 0. The normalized spacial score (nSPS) is 23.6. The van der Waals surface area contributed by atoms with Gasteiger partial charge in [0.15, 0.2) is 0 Å². The Labute approximate surface area is 107 Å². The van der Waals surface area contributed by atoms with Crippen molar-refractivity contribution in [1.29, 1.82) is 0 Å². The first-order chi connectivity index (χ1) is 8.77. The van der Waals surface area contributed by atoms with Crippen LogP contribution in [0.2, 0.25) is 0 Å². The molecule has 0 spiro atoms. The molecule has 1 aromatic heterocycles. The molecule has 1 aliphatic rings. The number of amides is 1. The average molecular weight is 248 g/mol. The van der Waals surface area contributed by atoms with Crippen LogP contribution in [0.1, 0.15) is 32.6 Å². The molecule has 1 saturated heterocycles. The zero-order chi connectivity index (χ0) is 12.8. The van der Waals surface area contributed by atoms with Crippen LogP contribution in [0.15, 0.2) is 18.7 Å². The van der Waals surface area contributed by atoms with Crippen LogP contribution in [0.25, 0.3) is 0 Å². The van der Waals surface area contributed by atoms with Crippen molar-refractivity contribution in [3.8, 4) is 0 Å². The third-order valence-corrected chi connectivity index (χ3v) is 3.50. The van der Waals surface area contributed by atoms with Crippen molar-refractivity contribution in [1.82, 2.24) is 15.3 Å². The minimum atomic E-state index is -0.275. The molecule has 0 radical (unpaired) electrons. The zero-order valence-electron chi connectivity index (χ0n) is 10.8. The summed E-state index contributed by atoms with van der Waals surface area (Å²) in [7, 11) is 0. The maximum Gasteiger partial charge on any atom is 0.231 e. The summed E-state index contributed by atoms with van der Waals surface area (Å²) in [5, 5.41) is 6.27. The predicted octanol–water partition coefficient (Wildman–Crippen LogP) is 1.58. The van der Waals surface area contributed by atoms with Gasteiger partial charge in [-0.3, -0.25) is 4.79 Å². The summed E-state index contributed by atoms with van der Waals surface area (Å²) in [4.78, 5) is 20.3. The van der Waals surface area contributed by atoms with Crippen LogP contribution in [-0.2, 0) is 4.79 Å². The van der Waals surface area contributed by atoms with Crippen LogP contribution in [0, 0.1) is 5.41 Å². The van der Waals surface area contributed by atoms with E-state index in [-0.39, 0.29) is 11.3 Å². The van der Waals surface area contributed by atoms with Gasteiger partial charge in [0, 0.05) is 6.54 Å². The number of carbonyl (C=O) groups excluding carboxylic acids is 1. The van der Waals surface area contributed by atoms with Gasteiger partial charge in [-0.05, 0) is 25.8 Å². The Kier molecular flexibility index (Phi) is 4.25. The van der Waals surface area contributed by atoms with E-state index in [1.165, 1.54) is 6.33 Å². The van der Waals surface area contributed by atoms with Crippen LogP contribution < -0.4 is 10.6 Å². The molecule has 1 fully saturated rings. The van der Waals surface area contributed by atoms with Crippen LogP contribution in [-0.4, -0.2) is 29.0 Å². The molecule has 5 heteroatoms. The van der Waals surface area contributed by atoms with E-state index in [1.54, 1.807) is 12.4 Å². The Balaban J connectivity index is 2.08. The van der Waals surface area contributed by atoms with Crippen molar-refractivity contribution in [3.63, 3.8) is 0 Å². The second-order valence-electron chi connectivity index (χ2n) is 4.89. The number of nitrogens with zero attached hydrogens (tertiary/aromatic N) is 2. The average Bonchev–Trinajstić information content (AvgIpc) is 2.41. The molecule has 0 saturated carbocycles. The van der Waals surface area contributed by atoms with Crippen molar-refractivity contribution >= 4 is 11.6 Å². The van der Waals surface area contributed by atoms with Crippen molar-refractivity contribution in [2.45, 2.75) is 32.6 Å². The molecule has 1 amide bonds. The molecular weight excluding hydrogens is 228 g/mol. The van der Waals surface area contributed by atoms with Gasteiger partial charge in [-0.15, -0.1) is 0 Å². The summed E-state index contributed by atoms with van der Waals surface area (Å²) in [6.45, 7) is 3.89. The lowest BCUT2D eigenvalue weighted by Gasteiger charge is -2.36. The fraction of sp³-hybridized carbons (Fsp3) is 0.615. The highest BCUT2D eigenvalue weighted by Gasteiger charge is 2.38. The summed E-state index contributed by atoms with van der Waals surface area (Å²) in [5.74, 6) is 0.0892. The molecular formula is C13H20N4O. The number of anilines is 1. The molecule has 2 rings (SSSR count). The molecule has 1 unspecified atom stereocenters. The van der Waals surface area contributed by atoms with Crippen molar-refractivity contribution in [3.05, 3.63) is 18.7 Å². The number of aromatic nitrogens is 2. The highest BCUT2D eigenvalue weighted by atomic mass is 16.2. The van der Waals surface area contributed by atoms with Gasteiger partial charge in [-0.2, -0.15) is 0 Å². The van der Waals surface area contributed by atoms with Gasteiger partial charge < -0.3 is 10.6 Å². The zero-order valence-corrected chi connectivity index (χ0v) is 10.8. The molecule has 0 aromatic carbocycles. The number of nitrogens with one attached hydrogen (secondary N) is 2. The molecule has 0 bridgehead atoms. The van der Waals surface area contributed by atoms with Gasteiger partial charge >= 0.3 is 0 Å². The van der Waals surface area contributed by atoms with E-state index in [1.807, 2.05) is 0 Å². The fourth-order valence-corrected chi connectivity index (χ4v) is 2.59. The Bertz CT molecular complexity index is 382. The van der Waals surface area contributed by atoms with Crippen LogP contribution >= 0.6 is 0 Å². The third kappa shape index (κ3) is 2.85. The van der Waals surface area contributed by atoms with Crippen LogP contribution in [0.3, 0.4) is 0 Å². The molecule has 1 atom stereocenters. The minimum Gasteiger partial charge on any atom is -0.323 e. The Morgan fingerprint density at radius 3 is 2.89 bits per heavy atom. The lowest BCUT2D eigenvalue weighted by Crippen LogP contribution is -2.48. The lowest BCUT2D eigenvalue weighted by atomic mass is 9.76. The molecule has 5 nitrogen and oxygen atoms in total. The fourth-order valence-electron chi connectivity index (χ4n) is 2.59. The largest absolute Gasteiger partial charge is 0.323 e. The SMILES string of the molecule is CCCC1(C(=O)Nc2cncnc2)CCCNC1. The van der Waals surface area contributed by atoms with Crippen LogP contribution in [0.4, 0.5) is 5.69 Å². The second-order valence-corrected chi connectivity index (χ2v) is 4.89. The summed E-state index contributed by atoms with van der Waals surface area (Å²) in [5.41, 5.74) is 0.395. The maximum absolute atomic E-state index is 12.5. The van der Waals surface area contributed by atoms with Gasteiger partial charge in [0.25, 0.3) is 0 Å². The quantitative estimate of drug-likeness (QED) is 0.849. The Morgan fingerprint density at radius 1 is 1.50 bits per heavy atom. The first-order valence-corrected chi connectivity index (χ1v) is 6.54. The minimum absolute atomic E-state index is 0.0892. The van der Waals surface area contributed by atoms with Gasteiger partial charge in [0.1, 0.15) is 6.33 Å². The van der Waals surface area contributed by atoms with Crippen LogP contribution in [0.5, 0.6) is 0 Å². The van der Waals surface area contributed by atoms with Gasteiger partial charge in [0.2, 0.25) is 5.91 Å². The number of rotatable bonds is 4. The number of carbonyl (C=O) groups is 1. The van der Waals surface area contributed by atoms with Crippen molar-refractivity contribution < 1.29 is 4.79 Å². The first-order valence-electron chi connectivity index (χ1n) is 6.54. The first kappa shape index (κ1) is 13.0. The van der Waals surface area contributed by atoms with E-state index in [0.717, 1.165) is 38.8 Å². The highest BCUT2D eigenvalue weighted by Crippen LogP contribution is 2.32. The number of hydrogen-bond donors (Lipinski definition) is 2. The standard InChI is InChI=1S/C13H20N4O/c1-2-4-13(5-3-6-14-9-13)12(18)17-11-7-15-10-16-8-11/h7-8,10,14H,2-6,9H2,1H3,(H,17,18). The maximum atomic E-state index is 12.5. The number of piperidine rings is 1. The van der Waals surface area contributed by atoms with E-state index < -0.39 is 0 Å². The molecule has 1 aromatic rings. The molecule has 2 N–H and O–H groups in total. The Morgan fingerprint density at radius 2 is 2.28 bits per heavy atom. The second kappa shape index (κ2) is 5.91. The van der Waals surface area contributed by atoms with E-state index in [4.69, 9.17) is 0 Å². The van der Waals surface area contributed by atoms with Gasteiger partial charge in [-0.25, -0.2) is 9.97 Å². The molecule has 2 heterocycles. The predicted molar refractivity (Wildman–Crippen MR) is 70.1 cm³/mol. The molecule has 98 valence electrons. The third-order valence-electron chi connectivity index (χ3n) is 3.50. The van der Waals surface area contributed by atoms with Crippen molar-refractivity contribution in [2.24, 2.45) is 5.41 Å². The van der Waals surface area contributed by atoms with Gasteiger partial charge in [-0.1, -0.05) is 13.3 Å². The van der Waals surface area contributed by atoms with E-state index in [9.17, 15) is 4.79 Å². The lowest BCUT2D eigenvalue weighted by molar-refractivity contribution is -0.127. The molecule has 1 aliphatic heterocycles. The highest BCUT2D eigenvalue weighted by molar-refractivity contribution is 5.95. The number of hydrogen-bond acceptors (Lipinski definition) is 4. The summed E-state index contributed by atoms with van der Waals surface area (Å²) in [6, 6.07) is 0. The molecule has 0 aliphatic carbocycles. The van der Waals surface area contributed by atoms with E-state index in [0.29, 0.717) is 5.69 Å². The van der Waals surface area contributed by atoms with E-state index >= 15 is 0 Å². The summed E-state index contributed by atoms with van der Waals surface area (Å²) < 4.78 is 0. The monoisotopic (exact) mass is 248 g/mol. The summed E-state index contributed by atoms with van der Waals surface area (Å²) in [6.07, 6.45) is 8.65. The smallest absolute Gasteiger partial charge is 0.231 e. The van der Waals surface area contributed by atoms with Gasteiger partial charge in [0.05, 0.1) is 23.5 Å². The molecule has 18 heavy (non-hydrogen) atoms. The topological polar surface area (TPSA) is 66.9 Å². The Hall–Kier alpha value is -1.49. The van der Waals surface area contributed by atoms with E-state index in [2.05, 4.69) is 27.5 Å². The van der Waals surface area contributed by atoms with Crippen molar-refractivity contribution in [2.75, 3.05) is 18.4 Å².